The van der Waals surface area contributed by atoms with Crippen LogP contribution in [0.25, 0.3) is 0 Å². The van der Waals surface area contributed by atoms with Crippen molar-refractivity contribution in [3.8, 4) is 0 Å². The average molecular weight is 296 g/mol. The molecule has 1 aromatic rings. The number of halogens is 1. The molecule has 1 atom stereocenters. The lowest BCUT2D eigenvalue weighted by molar-refractivity contribution is -0.131. The highest BCUT2D eigenvalue weighted by Gasteiger charge is 2.27. The Morgan fingerprint density at radius 1 is 1.35 bits per heavy atom. The minimum atomic E-state index is 0.292. The normalized spacial score (nSPS) is 19.6. The molecular weight excluding hydrogens is 278 g/mol. The Morgan fingerprint density at radius 2 is 2.12 bits per heavy atom. The number of hydrogen-bond donors (Lipinski definition) is 0. The molecule has 1 aliphatic heterocycles. The summed E-state index contributed by atoms with van der Waals surface area (Å²) in [6.45, 7) is 0.934. The summed E-state index contributed by atoms with van der Waals surface area (Å²) in [5.41, 5.74) is 1.33. The van der Waals surface area contributed by atoms with Crippen LogP contribution in [0, 0.1) is 0 Å². The van der Waals surface area contributed by atoms with Gasteiger partial charge in [-0.1, -0.05) is 46.3 Å². The fourth-order valence-corrected chi connectivity index (χ4v) is 2.83. The fourth-order valence-electron chi connectivity index (χ4n) is 2.49. The predicted octanol–water partition coefficient (Wildman–Crippen LogP) is 3.01. The van der Waals surface area contributed by atoms with Crippen molar-refractivity contribution < 1.29 is 4.79 Å². The third-order valence-electron chi connectivity index (χ3n) is 3.32. The quantitative estimate of drug-likeness (QED) is 0.782. The van der Waals surface area contributed by atoms with Gasteiger partial charge in [0.2, 0.25) is 5.91 Å². The van der Waals surface area contributed by atoms with Gasteiger partial charge in [0.05, 0.1) is 0 Å². The maximum Gasteiger partial charge on any atom is 0.223 e. The Balaban J connectivity index is 1.98. The van der Waals surface area contributed by atoms with Gasteiger partial charge in [-0.3, -0.25) is 4.79 Å². The molecule has 2 rings (SSSR count). The zero-order valence-corrected chi connectivity index (χ0v) is 11.5. The standard InChI is InChI=1S/C14H18BrNO/c15-9-8-14(17)16-10-4-7-13(16)11-12-5-2-1-3-6-12/h1-3,5-6,13H,4,7-11H2. The largest absolute Gasteiger partial charge is 0.339 e. The second-order valence-electron chi connectivity index (χ2n) is 4.51. The van der Waals surface area contributed by atoms with E-state index in [0.717, 1.165) is 31.1 Å². The van der Waals surface area contributed by atoms with Crippen molar-refractivity contribution in [2.45, 2.75) is 31.7 Å². The van der Waals surface area contributed by atoms with Gasteiger partial charge in [-0.25, -0.2) is 0 Å². The molecule has 0 aliphatic carbocycles. The number of alkyl halides is 1. The summed E-state index contributed by atoms with van der Waals surface area (Å²) in [5, 5.41) is 0.764. The maximum absolute atomic E-state index is 11.9. The first-order valence-corrected chi connectivity index (χ1v) is 7.33. The first kappa shape index (κ1) is 12.6. The van der Waals surface area contributed by atoms with Gasteiger partial charge >= 0.3 is 0 Å². The Bertz CT molecular complexity index is 366. The van der Waals surface area contributed by atoms with Gasteiger partial charge in [0, 0.05) is 24.3 Å². The van der Waals surface area contributed by atoms with Crippen molar-refractivity contribution in [1.29, 1.82) is 0 Å². The van der Waals surface area contributed by atoms with E-state index >= 15 is 0 Å². The van der Waals surface area contributed by atoms with Gasteiger partial charge in [-0.2, -0.15) is 0 Å². The van der Waals surface area contributed by atoms with E-state index in [9.17, 15) is 4.79 Å². The van der Waals surface area contributed by atoms with E-state index in [-0.39, 0.29) is 0 Å². The smallest absolute Gasteiger partial charge is 0.223 e. The number of carbonyl (C=O) groups excluding carboxylic acids is 1. The molecule has 3 heteroatoms. The van der Waals surface area contributed by atoms with E-state index in [1.165, 1.54) is 5.56 Å². The van der Waals surface area contributed by atoms with Gasteiger partial charge in [-0.15, -0.1) is 0 Å². The first-order valence-electron chi connectivity index (χ1n) is 6.20. The summed E-state index contributed by atoms with van der Waals surface area (Å²) >= 11 is 3.34. The van der Waals surface area contributed by atoms with Crippen LogP contribution in [0.2, 0.25) is 0 Å². The van der Waals surface area contributed by atoms with Crippen LogP contribution < -0.4 is 0 Å². The monoisotopic (exact) mass is 295 g/mol. The molecule has 0 N–H and O–H groups in total. The SMILES string of the molecule is O=C(CCBr)N1CCCC1Cc1ccccc1. The van der Waals surface area contributed by atoms with Gasteiger partial charge in [-0.05, 0) is 24.8 Å². The van der Waals surface area contributed by atoms with Crippen LogP contribution in [0.3, 0.4) is 0 Å². The number of amides is 1. The second-order valence-corrected chi connectivity index (χ2v) is 5.30. The molecule has 1 aromatic carbocycles. The Morgan fingerprint density at radius 3 is 2.82 bits per heavy atom. The van der Waals surface area contributed by atoms with Crippen molar-refractivity contribution in [2.75, 3.05) is 11.9 Å². The lowest BCUT2D eigenvalue weighted by Gasteiger charge is -2.24. The van der Waals surface area contributed by atoms with Crippen LogP contribution in [0.1, 0.15) is 24.8 Å². The minimum absolute atomic E-state index is 0.292. The average Bonchev–Trinajstić information content (AvgIpc) is 2.79. The second kappa shape index (κ2) is 6.20. The minimum Gasteiger partial charge on any atom is -0.339 e. The molecule has 0 saturated carbocycles. The zero-order chi connectivity index (χ0) is 12.1. The molecule has 1 fully saturated rings. The van der Waals surface area contributed by atoms with Crippen molar-refractivity contribution in [2.24, 2.45) is 0 Å². The molecule has 1 heterocycles. The van der Waals surface area contributed by atoms with E-state index in [1.807, 2.05) is 6.07 Å². The molecule has 1 unspecified atom stereocenters. The predicted molar refractivity (Wildman–Crippen MR) is 73.3 cm³/mol. The highest BCUT2D eigenvalue weighted by Crippen LogP contribution is 2.22. The molecule has 0 radical (unpaired) electrons. The summed E-state index contributed by atoms with van der Waals surface area (Å²) in [4.78, 5) is 14.0. The highest BCUT2D eigenvalue weighted by molar-refractivity contribution is 9.09. The number of nitrogens with zero attached hydrogens (tertiary/aromatic N) is 1. The lowest BCUT2D eigenvalue weighted by Crippen LogP contribution is -2.36. The molecule has 92 valence electrons. The summed E-state index contributed by atoms with van der Waals surface area (Å²) in [7, 11) is 0. The van der Waals surface area contributed by atoms with E-state index in [4.69, 9.17) is 0 Å². The third kappa shape index (κ3) is 3.32. The van der Waals surface area contributed by atoms with Crippen LogP contribution in [-0.4, -0.2) is 28.7 Å². The van der Waals surface area contributed by atoms with Crippen molar-refractivity contribution in [1.82, 2.24) is 4.90 Å². The fraction of sp³-hybridized carbons (Fsp3) is 0.500. The highest BCUT2D eigenvalue weighted by atomic mass is 79.9. The number of likely N-dealkylation sites (tertiary alicyclic amines) is 1. The van der Waals surface area contributed by atoms with Crippen LogP contribution >= 0.6 is 15.9 Å². The molecule has 2 nitrogen and oxygen atoms in total. The van der Waals surface area contributed by atoms with Crippen molar-refractivity contribution >= 4 is 21.8 Å². The topological polar surface area (TPSA) is 20.3 Å². The summed E-state index contributed by atoms with van der Waals surface area (Å²) in [5.74, 6) is 0.292. The zero-order valence-electron chi connectivity index (χ0n) is 9.94. The molecule has 1 aliphatic rings. The van der Waals surface area contributed by atoms with Crippen molar-refractivity contribution in [3.63, 3.8) is 0 Å². The Kier molecular flexibility index (Phi) is 4.60. The molecule has 0 bridgehead atoms. The number of hydrogen-bond acceptors (Lipinski definition) is 1. The van der Waals surface area contributed by atoms with Crippen LogP contribution in [0.5, 0.6) is 0 Å². The van der Waals surface area contributed by atoms with E-state index in [2.05, 4.69) is 45.1 Å². The third-order valence-corrected chi connectivity index (χ3v) is 3.72. The van der Waals surface area contributed by atoms with Gasteiger partial charge in [0.25, 0.3) is 0 Å². The summed E-state index contributed by atoms with van der Waals surface area (Å²) < 4.78 is 0. The summed E-state index contributed by atoms with van der Waals surface area (Å²) in [6.07, 6.45) is 3.90. The molecular formula is C14H18BrNO. The maximum atomic E-state index is 11.9. The Hall–Kier alpha value is -0.830. The van der Waals surface area contributed by atoms with Crippen LogP contribution in [0.4, 0.5) is 0 Å². The first-order chi connectivity index (χ1) is 8.31. The molecule has 1 amide bonds. The van der Waals surface area contributed by atoms with Crippen LogP contribution in [0.15, 0.2) is 30.3 Å². The lowest BCUT2D eigenvalue weighted by atomic mass is 10.0. The van der Waals surface area contributed by atoms with Crippen LogP contribution in [-0.2, 0) is 11.2 Å². The summed E-state index contributed by atoms with van der Waals surface area (Å²) in [6, 6.07) is 10.9. The van der Waals surface area contributed by atoms with Gasteiger partial charge in [0.15, 0.2) is 0 Å². The van der Waals surface area contributed by atoms with Crippen molar-refractivity contribution in [3.05, 3.63) is 35.9 Å². The molecule has 1 saturated heterocycles. The van der Waals surface area contributed by atoms with Gasteiger partial charge in [0.1, 0.15) is 0 Å². The number of carbonyl (C=O) groups is 1. The van der Waals surface area contributed by atoms with E-state index < -0.39 is 0 Å². The number of rotatable bonds is 4. The van der Waals surface area contributed by atoms with Gasteiger partial charge < -0.3 is 4.90 Å². The number of benzene rings is 1. The Labute approximate surface area is 111 Å². The van der Waals surface area contributed by atoms with E-state index in [0.29, 0.717) is 18.4 Å². The van der Waals surface area contributed by atoms with E-state index in [1.54, 1.807) is 0 Å². The molecule has 0 spiro atoms. The molecule has 17 heavy (non-hydrogen) atoms. The molecule has 0 aromatic heterocycles.